The number of halogens is 4. The molecule has 1 rings (SSSR count). The predicted octanol–water partition coefficient (Wildman–Crippen LogP) is 3.98. The Kier molecular flexibility index (Phi) is 6.11. The number of nitrogens with two attached hydrogens (primary N) is 1. The fourth-order valence-electron chi connectivity index (χ4n) is 1.20. The smallest absolute Gasteiger partial charge is 0.398 e. The Morgan fingerprint density at radius 3 is 2.67 bits per heavy atom. The fourth-order valence-corrected chi connectivity index (χ4v) is 2.45. The van der Waals surface area contributed by atoms with E-state index < -0.39 is 12.8 Å². The highest BCUT2D eigenvalue weighted by Gasteiger charge is 2.27. The van der Waals surface area contributed by atoms with Crippen LogP contribution in [0.1, 0.15) is 6.42 Å². The van der Waals surface area contributed by atoms with Crippen molar-refractivity contribution in [2.75, 3.05) is 24.7 Å². The molecule has 0 saturated heterocycles. The molecule has 0 aliphatic heterocycles. The molecular formula is C11H13ClF3NOS. The van der Waals surface area contributed by atoms with Crippen LogP contribution in [0.25, 0.3) is 0 Å². The van der Waals surface area contributed by atoms with Gasteiger partial charge < -0.3 is 10.5 Å². The first kappa shape index (κ1) is 15.5. The minimum atomic E-state index is -4.26. The zero-order valence-electron chi connectivity index (χ0n) is 9.47. The van der Waals surface area contributed by atoms with Crippen LogP contribution in [0.3, 0.4) is 0 Å². The molecule has 102 valence electrons. The Hall–Kier alpha value is -0.590. The molecule has 0 heterocycles. The zero-order valence-corrected chi connectivity index (χ0v) is 11.0. The van der Waals surface area contributed by atoms with E-state index in [9.17, 15) is 13.2 Å². The van der Waals surface area contributed by atoms with Gasteiger partial charge in [0, 0.05) is 22.9 Å². The molecule has 1 aromatic carbocycles. The molecule has 0 bridgehead atoms. The number of rotatable bonds is 6. The topological polar surface area (TPSA) is 35.2 Å². The SMILES string of the molecule is Nc1cccc(Cl)c1SCCCOCC(F)(F)F. The first-order valence-corrected chi connectivity index (χ1v) is 6.58. The lowest BCUT2D eigenvalue weighted by atomic mass is 10.3. The van der Waals surface area contributed by atoms with Gasteiger partial charge in [0.25, 0.3) is 0 Å². The minimum absolute atomic E-state index is 0.0663. The summed E-state index contributed by atoms with van der Waals surface area (Å²) in [5.74, 6) is 0.603. The number of hydrogen-bond donors (Lipinski definition) is 1. The van der Waals surface area contributed by atoms with Crippen molar-refractivity contribution in [3.05, 3.63) is 23.2 Å². The Labute approximate surface area is 113 Å². The first-order chi connectivity index (χ1) is 8.40. The summed E-state index contributed by atoms with van der Waals surface area (Å²) >= 11 is 7.36. The van der Waals surface area contributed by atoms with Gasteiger partial charge in [0.15, 0.2) is 0 Å². The van der Waals surface area contributed by atoms with Gasteiger partial charge in [-0.2, -0.15) is 13.2 Å². The molecule has 0 atom stereocenters. The summed E-state index contributed by atoms with van der Waals surface area (Å²) in [4.78, 5) is 0.759. The van der Waals surface area contributed by atoms with Gasteiger partial charge in [0.1, 0.15) is 6.61 Å². The molecule has 2 N–H and O–H groups in total. The number of anilines is 1. The maximum Gasteiger partial charge on any atom is 0.411 e. The summed E-state index contributed by atoms with van der Waals surface area (Å²) in [6, 6.07) is 5.20. The second kappa shape index (κ2) is 7.11. The normalized spacial score (nSPS) is 11.8. The molecule has 0 amide bonds. The summed E-state index contributed by atoms with van der Waals surface area (Å²) in [7, 11) is 0. The van der Waals surface area contributed by atoms with Crippen LogP contribution in [0.4, 0.5) is 18.9 Å². The molecule has 0 unspecified atom stereocenters. The van der Waals surface area contributed by atoms with E-state index in [1.54, 1.807) is 18.2 Å². The first-order valence-electron chi connectivity index (χ1n) is 5.21. The van der Waals surface area contributed by atoms with Crippen molar-refractivity contribution in [1.82, 2.24) is 0 Å². The molecule has 0 aliphatic rings. The molecular weight excluding hydrogens is 287 g/mol. The van der Waals surface area contributed by atoms with E-state index in [0.29, 0.717) is 22.9 Å². The van der Waals surface area contributed by atoms with Gasteiger partial charge in [0.05, 0.1) is 5.02 Å². The molecule has 0 fully saturated rings. The van der Waals surface area contributed by atoms with Crippen LogP contribution >= 0.6 is 23.4 Å². The number of hydrogen-bond acceptors (Lipinski definition) is 3. The summed E-state index contributed by atoms with van der Waals surface area (Å²) in [6.07, 6.45) is -3.76. The second-order valence-electron chi connectivity index (χ2n) is 3.53. The lowest BCUT2D eigenvalue weighted by molar-refractivity contribution is -0.173. The van der Waals surface area contributed by atoms with Gasteiger partial charge in [-0.3, -0.25) is 0 Å². The molecule has 0 aliphatic carbocycles. The highest BCUT2D eigenvalue weighted by atomic mass is 35.5. The molecule has 1 aromatic rings. The van der Waals surface area contributed by atoms with Crippen LogP contribution < -0.4 is 5.73 Å². The van der Waals surface area contributed by atoms with Crippen LogP contribution in [-0.4, -0.2) is 25.1 Å². The van der Waals surface area contributed by atoms with Crippen molar-refractivity contribution in [3.63, 3.8) is 0 Å². The van der Waals surface area contributed by atoms with Crippen LogP contribution in [0.5, 0.6) is 0 Å². The average molecular weight is 300 g/mol. The van der Waals surface area contributed by atoms with Crippen LogP contribution in [0.15, 0.2) is 23.1 Å². The summed E-state index contributed by atoms with van der Waals surface area (Å²) in [5.41, 5.74) is 6.31. The zero-order chi connectivity index (χ0) is 13.6. The van der Waals surface area contributed by atoms with Crippen molar-refractivity contribution in [3.8, 4) is 0 Å². The quantitative estimate of drug-likeness (QED) is 0.490. The Balaban J connectivity index is 2.22. The molecule has 0 spiro atoms. The molecule has 0 aromatic heterocycles. The summed E-state index contributed by atoms with van der Waals surface area (Å²) in [6.45, 7) is -1.14. The van der Waals surface area contributed by atoms with E-state index in [4.69, 9.17) is 17.3 Å². The Morgan fingerprint density at radius 1 is 1.33 bits per heavy atom. The number of alkyl halides is 3. The summed E-state index contributed by atoms with van der Waals surface area (Å²) in [5, 5.41) is 0.552. The van der Waals surface area contributed by atoms with Crippen molar-refractivity contribution in [2.45, 2.75) is 17.5 Å². The van der Waals surface area contributed by atoms with Gasteiger partial charge in [-0.25, -0.2) is 0 Å². The van der Waals surface area contributed by atoms with Gasteiger partial charge in [-0.05, 0) is 18.6 Å². The second-order valence-corrected chi connectivity index (χ2v) is 5.04. The van der Waals surface area contributed by atoms with Crippen LogP contribution in [0.2, 0.25) is 5.02 Å². The standard InChI is InChI=1S/C11H13ClF3NOS/c12-8-3-1-4-9(16)10(8)18-6-2-5-17-7-11(13,14)15/h1,3-4H,2,5-7,16H2. The third-order valence-electron chi connectivity index (χ3n) is 1.94. The molecule has 0 saturated carbocycles. The van der Waals surface area contributed by atoms with Gasteiger partial charge in [-0.15, -0.1) is 11.8 Å². The van der Waals surface area contributed by atoms with E-state index >= 15 is 0 Å². The highest BCUT2D eigenvalue weighted by Crippen LogP contribution is 2.32. The molecule has 2 nitrogen and oxygen atoms in total. The Morgan fingerprint density at radius 2 is 2.06 bits per heavy atom. The van der Waals surface area contributed by atoms with Gasteiger partial charge >= 0.3 is 6.18 Å². The number of benzene rings is 1. The maximum absolute atomic E-state index is 11.8. The van der Waals surface area contributed by atoms with E-state index in [1.807, 2.05) is 0 Å². The minimum Gasteiger partial charge on any atom is -0.398 e. The Bertz CT molecular complexity index is 367. The van der Waals surface area contributed by atoms with Crippen molar-refractivity contribution < 1.29 is 17.9 Å². The number of ether oxygens (including phenoxy) is 1. The average Bonchev–Trinajstić information content (AvgIpc) is 2.25. The van der Waals surface area contributed by atoms with Crippen molar-refractivity contribution >= 4 is 29.1 Å². The largest absolute Gasteiger partial charge is 0.411 e. The lowest BCUT2D eigenvalue weighted by Crippen LogP contribution is -2.17. The number of nitrogen functional groups attached to an aromatic ring is 1. The molecule has 0 radical (unpaired) electrons. The predicted molar refractivity (Wildman–Crippen MR) is 68.1 cm³/mol. The third-order valence-corrected chi connectivity index (χ3v) is 3.61. The number of thioether (sulfide) groups is 1. The third kappa shape index (κ3) is 5.84. The van der Waals surface area contributed by atoms with Crippen LogP contribution in [-0.2, 0) is 4.74 Å². The monoisotopic (exact) mass is 299 g/mol. The van der Waals surface area contributed by atoms with E-state index in [1.165, 1.54) is 11.8 Å². The van der Waals surface area contributed by atoms with Gasteiger partial charge in [0.2, 0.25) is 0 Å². The van der Waals surface area contributed by atoms with E-state index in [0.717, 1.165) is 4.90 Å². The summed E-state index contributed by atoms with van der Waals surface area (Å²) < 4.78 is 39.8. The van der Waals surface area contributed by atoms with Gasteiger partial charge in [-0.1, -0.05) is 17.7 Å². The molecule has 7 heteroatoms. The van der Waals surface area contributed by atoms with Crippen LogP contribution in [0, 0.1) is 0 Å². The van der Waals surface area contributed by atoms with Crippen molar-refractivity contribution in [2.24, 2.45) is 0 Å². The molecule has 18 heavy (non-hydrogen) atoms. The lowest BCUT2D eigenvalue weighted by Gasteiger charge is -2.09. The van der Waals surface area contributed by atoms with E-state index in [-0.39, 0.29) is 6.61 Å². The van der Waals surface area contributed by atoms with Crippen molar-refractivity contribution in [1.29, 1.82) is 0 Å². The highest BCUT2D eigenvalue weighted by molar-refractivity contribution is 7.99. The fraction of sp³-hybridized carbons (Fsp3) is 0.455. The maximum atomic E-state index is 11.8. The van der Waals surface area contributed by atoms with E-state index in [2.05, 4.69) is 4.74 Å².